The summed E-state index contributed by atoms with van der Waals surface area (Å²) in [6, 6.07) is 21.0. The molecule has 0 aliphatic rings. The van der Waals surface area contributed by atoms with Gasteiger partial charge in [-0.2, -0.15) is 8.42 Å². The van der Waals surface area contributed by atoms with E-state index in [0.717, 1.165) is 27.6 Å². The van der Waals surface area contributed by atoms with Crippen LogP contribution < -0.4 is 10.1 Å². The predicted octanol–water partition coefficient (Wildman–Crippen LogP) is 4.50. The molecule has 0 saturated heterocycles. The number of anilines is 1. The highest BCUT2D eigenvalue weighted by Gasteiger charge is 2.18. The van der Waals surface area contributed by atoms with E-state index < -0.39 is 10.1 Å². The molecule has 146 valence electrons. The molecule has 2 N–H and O–H groups in total. The van der Waals surface area contributed by atoms with E-state index in [1.807, 2.05) is 54.6 Å². The topological polar surface area (TPSA) is 92.7 Å². The Bertz CT molecular complexity index is 1310. The highest BCUT2D eigenvalue weighted by Crippen LogP contribution is 2.32. The van der Waals surface area contributed by atoms with Crippen molar-refractivity contribution < 1.29 is 22.5 Å². The Hall–Kier alpha value is -3.42. The molecule has 0 fully saturated rings. The molecule has 0 heterocycles. The molecule has 0 aliphatic carbocycles. The standard InChI is InChI=1S/C22H17NO5S/c1-28-20-13-16(29(25,26)27)10-11-19(20)23-22(24)21-17-8-4-2-6-14(17)12-15-7-3-5-9-18(15)21/h2-13H,1H3,(H,23,24)(H,25,26,27). The van der Waals surface area contributed by atoms with E-state index in [-0.39, 0.29) is 16.6 Å². The quantitative estimate of drug-likeness (QED) is 0.384. The van der Waals surface area contributed by atoms with E-state index in [1.165, 1.54) is 19.2 Å². The Morgan fingerprint density at radius 1 is 0.897 bits per heavy atom. The molecule has 0 aliphatic heterocycles. The maximum Gasteiger partial charge on any atom is 0.294 e. The summed E-state index contributed by atoms with van der Waals surface area (Å²) >= 11 is 0. The van der Waals surface area contributed by atoms with Gasteiger partial charge >= 0.3 is 0 Å². The summed E-state index contributed by atoms with van der Waals surface area (Å²) in [5, 5.41) is 6.28. The minimum atomic E-state index is -4.38. The van der Waals surface area contributed by atoms with Crippen molar-refractivity contribution in [1.29, 1.82) is 0 Å². The van der Waals surface area contributed by atoms with Gasteiger partial charge in [-0.15, -0.1) is 0 Å². The number of methoxy groups -OCH3 is 1. The van der Waals surface area contributed by atoms with Crippen molar-refractivity contribution >= 4 is 43.3 Å². The van der Waals surface area contributed by atoms with Crippen molar-refractivity contribution in [3.05, 3.63) is 78.4 Å². The monoisotopic (exact) mass is 407 g/mol. The van der Waals surface area contributed by atoms with Gasteiger partial charge in [-0.05, 0) is 39.7 Å². The molecule has 0 saturated carbocycles. The van der Waals surface area contributed by atoms with E-state index in [9.17, 15) is 17.8 Å². The summed E-state index contributed by atoms with van der Waals surface area (Å²) in [6.45, 7) is 0. The summed E-state index contributed by atoms with van der Waals surface area (Å²) < 4.78 is 37.2. The summed E-state index contributed by atoms with van der Waals surface area (Å²) in [7, 11) is -3.03. The Balaban J connectivity index is 1.84. The van der Waals surface area contributed by atoms with Gasteiger partial charge in [0.25, 0.3) is 16.0 Å². The Labute approximate surface area is 167 Å². The number of carbonyl (C=O) groups is 1. The number of hydrogen-bond acceptors (Lipinski definition) is 4. The predicted molar refractivity (Wildman–Crippen MR) is 112 cm³/mol. The maximum absolute atomic E-state index is 13.3. The van der Waals surface area contributed by atoms with Crippen molar-refractivity contribution in [2.24, 2.45) is 0 Å². The van der Waals surface area contributed by atoms with E-state index in [1.54, 1.807) is 0 Å². The van der Waals surface area contributed by atoms with Gasteiger partial charge in [0.15, 0.2) is 0 Å². The number of ether oxygens (including phenoxy) is 1. The second kappa shape index (κ2) is 7.20. The zero-order chi connectivity index (χ0) is 20.6. The lowest BCUT2D eigenvalue weighted by molar-refractivity contribution is 0.102. The van der Waals surface area contributed by atoms with Crippen molar-refractivity contribution in [1.82, 2.24) is 0 Å². The first-order valence-corrected chi connectivity index (χ1v) is 10.2. The summed E-state index contributed by atoms with van der Waals surface area (Å²) in [6.07, 6.45) is 0. The van der Waals surface area contributed by atoms with E-state index >= 15 is 0 Å². The zero-order valence-corrected chi connectivity index (χ0v) is 16.2. The third kappa shape index (κ3) is 3.53. The molecule has 1 amide bonds. The molecule has 0 atom stereocenters. The van der Waals surface area contributed by atoms with Gasteiger partial charge in [0, 0.05) is 6.07 Å². The highest BCUT2D eigenvalue weighted by molar-refractivity contribution is 7.85. The van der Waals surface area contributed by atoms with Crippen LogP contribution in [0.25, 0.3) is 21.5 Å². The zero-order valence-electron chi connectivity index (χ0n) is 15.4. The van der Waals surface area contributed by atoms with Crippen LogP contribution in [-0.2, 0) is 10.1 Å². The molecule has 4 aromatic rings. The van der Waals surface area contributed by atoms with Crippen LogP contribution in [0.3, 0.4) is 0 Å². The molecular formula is C22H17NO5S. The second-order valence-corrected chi connectivity index (χ2v) is 7.91. The average molecular weight is 407 g/mol. The smallest absolute Gasteiger partial charge is 0.294 e. The fourth-order valence-electron chi connectivity index (χ4n) is 3.38. The van der Waals surface area contributed by atoms with Crippen LogP contribution in [0.15, 0.2) is 77.7 Å². The van der Waals surface area contributed by atoms with Gasteiger partial charge in [0.1, 0.15) is 5.75 Å². The molecule has 0 aromatic heterocycles. The molecule has 6 nitrogen and oxygen atoms in total. The largest absolute Gasteiger partial charge is 0.495 e. The highest BCUT2D eigenvalue weighted by atomic mass is 32.2. The Morgan fingerprint density at radius 3 is 2.03 bits per heavy atom. The van der Waals surface area contributed by atoms with Crippen molar-refractivity contribution in [2.75, 3.05) is 12.4 Å². The first-order valence-electron chi connectivity index (χ1n) is 8.76. The van der Waals surface area contributed by atoms with E-state index in [4.69, 9.17) is 4.74 Å². The maximum atomic E-state index is 13.3. The van der Waals surface area contributed by atoms with Crippen molar-refractivity contribution in [3.63, 3.8) is 0 Å². The molecular weight excluding hydrogens is 390 g/mol. The first kappa shape index (κ1) is 18.9. The normalized spacial score (nSPS) is 11.5. The van der Waals surface area contributed by atoms with Crippen molar-refractivity contribution in [2.45, 2.75) is 4.90 Å². The molecule has 0 unspecified atom stereocenters. The fraction of sp³-hybridized carbons (Fsp3) is 0.0455. The summed E-state index contributed by atoms with van der Waals surface area (Å²) in [4.78, 5) is 12.9. The minimum Gasteiger partial charge on any atom is -0.495 e. The van der Waals surface area contributed by atoms with Crippen LogP contribution in [-0.4, -0.2) is 26.0 Å². The van der Waals surface area contributed by atoms with Crippen LogP contribution in [0.4, 0.5) is 5.69 Å². The number of nitrogens with one attached hydrogen (secondary N) is 1. The molecule has 7 heteroatoms. The van der Waals surface area contributed by atoms with Gasteiger partial charge < -0.3 is 10.1 Å². The minimum absolute atomic E-state index is 0.123. The number of fused-ring (bicyclic) bond motifs is 2. The number of benzene rings is 4. The lowest BCUT2D eigenvalue weighted by atomic mass is 9.96. The van der Waals surface area contributed by atoms with Crippen LogP contribution in [0, 0.1) is 0 Å². The average Bonchev–Trinajstić information content (AvgIpc) is 2.71. The number of rotatable bonds is 4. The molecule has 29 heavy (non-hydrogen) atoms. The lowest BCUT2D eigenvalue weighted by Crippen LogP contribution is -2.14. The first-order chi connectivity index (χ1) is 13.9. The van der Waals surface area contributed by atoms with Gasteiger partial charge in [0.05, 0.1) is 23.3 Å². The van der Waals surface area contributed by atoms with Crippen LogP contribution in [0.5, 0.6) is 5.75 Å². The van der Waals surface area contributed by atoms with Crippen LogP contribution in [0.1, 0.15) is 10.4 Å². The molecule has 0 radical (unpaired) electrons. The van der Waals surface area contributed by atoms with Crippen molar-refractivity contribution in [3.8, 4) is 5.75 Å². The number of amides is 1. The summed E-state index contributed by atoms with van der Waals surface area (Å²) in [5.74, 6) is -0.228. The third-order valence-electron chi connectivity index (χ3n) is 4.72. The van der Waals surface area contributed by atoms with E-state index in [2.05, 4.69) is 5.32 Å². The SMILES string of the molecule is COc1cc(S(=O)(=O)O)ccc1NC(=O)c1c2ccccc2cc2ccccc12. The number of hydrogen-bond donors (Lipinski definition) is 2. The van der Waals surface area contributed by atoms with Gasteiger partial charge in [-0.1, -0.05) is 48.5 Å². The van der Waals surface area contributed by atoms with Gasteiger partial charge in [-0.25, -0.2) is 0 Å². The summed E-state index contributed by atoms with van der Waals surface area (Å²) in [5.41, 5.74) is 0.807. The third-order valence-corrected chi connectivity index (χ3v) is 5.57. The molecule has 4 aromatic carbocycles. The van der Waals surface area contributed by atoms with Gasteiger partial charge in [0.2, 0.25) is 0 Å². The van der Waals surface area contributed by atoms with Gasteiger partial charge in [-0.3, -0.25) is 9.35 Å². The molecule has 0 bridgehead atoms. The number of carbonyl (C=O) groups excluding carboxylic acids is 1. The van der Waals surface area contributed by atoms with Crippen LogP contribution >= 0.6 is 0 Å². The molecule has 4 rings (SSSR count). The van der Waals surface area contributed by atoms with Crippen LogP contribution in [0.2, 0.25) is 0 Å². The fourth-order valence-corrected chi connectivity index (χ4v) is 3.87. The Kier molecular flexibility index (Phi) is 4.70. The second-order valence-electron chi connectivity index (χ2n) is 6.49. The lowest BCUT2D eigenvalue weighted by Gasteiger charge is -2.14. The van der Waals surface area contributed by atoms with E-state index in [0.29, 0.717) is 11.3 Å². The molecule has 0 spiro atoms. The Morgan fingerprint density at radius 2 is 1.48 bits per heavy atom.